The molecule has 2 aromatic rings. The Morgan fingerprint density at radius 1 is 1.17 bits per heavy atom. The van der Waals surface area contributed by atoms with Crippen molar-refractivity contribution in [3.8, 4) is 11.5 Å². The van der Waals surface area contributed by atoms with Gasteiger partial charge in [-0.2, -0.15) is 0 Å². The van der Waals surface area contributed by atoms with Crippen molar-refractivity contribution in [1.29, 1.82) is 0 Å². The van der Waals surface area contributed by atoms with Crippen LogP contribution in [0.5, 0.6) is 11.5 Å². The molecule has 18 heavy (non-hydrogen) atoms. The smallest absolute Gasteiger partial charge is 0.197 e. The Balaban J connectivity index is 2.23. The minimum atomic E-state index is -0.0837. The molecule has 0 aliphatic heterocycles. The van der Waals surface area contributed by atoms with Gasteiger partial charge in [0.1, 0.15) is 11.5 Å². The number of ketones is 1. The van der Waals surface area contributed by atoms with Crippen LogP contribution in [0.3, 0.4) is 0 Å². The quantitative estimate of drug-likeness (QED) is 0.711. The molecular formula is C15H12O3. The maximum atomic E-state index is 12.4. The summed E-state index contributed by atoms with van der Waals surface area (Å²) in [6.07, 6.45) is 0.688. The number of rotatable bonds is 1. The van der Waals surface area contributed by atoms with E-state index in [2.05, 4.69) is 0 Å². The molecule has 0 radical (unpaired) electrons. The number of benzene rings is 2. The number of carbonyl (C=O) groups is 1. The molecule has 0 bridgehead atoms. The molecule has 0 spiro atoms. The fourth-order valence-electron chi connectivity index (χ4n) is 2.42. The molecule has 2 aromatic carbocycles. The van der Waals surface area contributed by atoms with E-state index in [-0.39, 0.29) is 11.5 Å². The van der Waals surface area contributed by atoms with Crippen LogP contribution in [0, 0.1) is 0 Å². The second-order valence-electron chi connectivity index (χ2n) is 4.34. The summed E-state index contributed by atoms with van der Waals surface area (Å²) in [5.41, 5.74) is 3.08. The van der Waals surface area contributed by atoms with Crippen molar-refractivity contribution >= 4 is 5.78 Å². The molecule has 0 saturated heterocycles. The van der Waals surface area contributed by atoms with Crippen LogP contribution in [0.1, 0.15) is 27.0 Å². The van der Waals surface area contributed by atoms with Crippen molar-refractivity contribution in [2.75, 3.05) is 7.11 Å². The van der Waals surface area contributed by atoms with Crippen LogP contribution in [-0.4, -0.2) is 18.0 Å². The molecule has 90 valence electrons. The van der Waals surface area contributed by atoms with Crippen LogP contribution in [0.2, 0.25) is 0 Å². The van der Waals surface area contributed by atoms with E-state index in [9.17, 15) is 9.90 Å². The average molecular weight is 240 g/mol. The normalized spacial score (nSPS) is 12.8. The van der Waals surface area contributed by atoms with Gasteiger partial charge < -0.3 is 9.84 Å². The molecule has 0 unspecified atom stereocenters. The van der Waals surface area contributed by atoms with Crippen molar-refractivity contribution in [1.82, 2.24) is 0 Å². The zero-order chi connectivity index (χ0) is 12.7. The van der Waals surface area contributed by atoms with E-state index < -0.39 is 0 Å². The third-order valence-corrected chi connectivity index (χ3v) is 3.28. The molecule has 3 rings (SSSR count). The molecule has 0 amide bonds. The summed E-state index contributed by atoms with van der Waals surface area (Å²) in [6, 6.07) is 10.5. The summed E-state index contributed by atoms with van der Waals surface area (Å²) in [7, 11) is 1.56. The lowest BCUT2D eigenvalue weighted by Crippen LogP contribution is -2.16. The van der Waals surface area contributed by atoms with Gasteiger partial charge in [-0.15, -0.1) is 0 Å². The van der Waals surface area contributed by atoms with Crippen molar-refractivity contribution in [3.05, 3.63) is 58.7 Å². The lowest BCUT2D eigenvalue weighted by molar-refractivity contribution is 0.103. The van der Waals surface area contributed by atoms with Gasteiger partial charge in [-0.05, 0) is 35.7 Å². The number of phenolic OH excluding ortho intramolecular Hbond substituents is 1. The third kappa shape index (κ3) is 1.48. The van der Waals surface area contributed by atoms with Crippen LogP contribution in [0.25, 0.3) is 0 Å². The van der Waals surface area contributed by atoms with Crippen molar-refractivity contribution < 1.29 is 14.6 Å². The molecule has 0 heterocycles. The molecule has 1 aliphatic rings. The van der Waals surface area contributed by atoms with Crippen LogP contribution in [0.4, 0.5) is 0 Å². The second-order valence-corrected chi connectivity index (χ2v) is 4.34. The van der Waals surface area contributed by atoms with Gasteiger partial charge in [-0.3, -0.25) is 4.79 Å². The predicted octanol–water partition coefficient (Wildman–Crippen LogP) is 2.54. The first-order valence-electron chi connectivity index (χ1n) is 5.73. The van der Waals surface area contributed by atoms with Crippen LogP contribution < -0.4 is 4.74 Å². The van der Waals surface area contributed by atoms with Gasteiger partial charge in [0.15, 0.2) is 5.78 Å². The van der Waals surface area contributed by atoms with Crippen molar-refractivity contribution in [2.24, 2.45) is 0 Å². The summed E-state index contributed by atoms with van der Waals surface area (Å²) in [4.78, 5) is 12.4. The minimum Gasteiger partial charge on any atom is -0.508 e. The Morgan fingerprint density at radius 3 is 2.78 bits per heavy atom. The Morgan fingerprint density at radius 2 is 2.00 bits per heavy atom. The van der Waals surface area contributed by atoms with E-state index in [1.807, 2.05) is 12.1 Å². The summed E-state index contributed by atoms with van der Waals surface area (Å²) < 4.78 is 5.24. The Kier molecular flexibility index (Phi) is 2.33. The monoisotopic (exact) mass is 240 g/mol. The van der Waals surface area contributed by atoms with Gasteiger partial charge in [0.05, 0.1) is 12.7 Å². The summed E-state index contributed by atoms with van der Waals surface area (Å²) >= 11 is 0. The highest BCUT2D eigenvalue weighted by Crippen LogP contribution is 2.34. The fraction of sp³-hybridized carbons (Fsp3) is 0.133. The molecule has 0 fully saturated rings. The van der Waals surface area contributed by atoms with E-state index in [0.717, 1.165) is 11.1 Å². The molecule has 0 atom stereocenters. The SMILES string of the molecule is COc1cccc2c1C(=O)c1cc(O)ccc1C2. The number of ether oxygens (including phenoxy) is 1. The average Bonchev–Trinajstić information content (AvgIpc) is 2.39. The maximum Gasteiger partial charge on any atom is 0.197 e. The first-order valence-corrected chi connectivity index (χ1v) is 5.73. The molecular weight excluding hydrogens is 228 g/mol. The van der Waals surface area contributed by atoms with E-state index in [1.165, 1.54) is 6.07 Å². The van der Waals surface area contributed by atoms with Gasteiger partial charge in [0.2, 0.25) is 0 Å². The number of methoxy groups -OCH3 is 1. The van der Waals surface area contributed by atoms with Crippen LogP contribution in [0.15, 0.2) is 36.4 Å². The largest absolute Gasteiger partial charge is 0.508 e. The molecule has 3 nitrogen and oxygen atoms in total. The highest BCUT2D eigenvalue weighted by molar-refractivity contribution is 6.14. The van der Waals surface area contributed by atoms with Gasteiger partial charge >= 0.3 is 0 Å². The van der Waals surface area contributed by atoms with E-state index in [0.29, 0.717) is 23.3 Å². The molecule has 1 N–H and O–H groups in total. The number of fused-ring (bicyclic) bond motifs is 2. The first kappa shape index (κ1) is 10.8. The summed E-state index contributed by atoms with van der Waals surface area (Å²) in [6.45, 7) is 0. The Hall–Kier alpha value is -2.29. The van der Waals surface area contributed by atoms with E-state index >= 15 is 0 Å². The summed E-state index contributed by atoms with van der Waals surface area (Å²) in [5, 5.41) is 9.50. The number of aromatic hydroxyl groups is 1. The highest BCUT2D eigenvalue weighted by atomic mass is 16.5. The van der Waals surface area contributed by atoms with Gasteiger partial charge in [-0.25, -0.2) is 0 Å². The summed E-state index contributed by atoms with van der Waals surface area (Å²) in [5.74, 6) is 0.617. The van der Waals surface area contributed by atoms with Gasteiger partial charge in [0.25, 0.3) is 0 Å². The van der Waals surface area contributed by atoms with Crippen molar-refractivity contribution in [2.45, 2.75) is 6.42 Å². The van der Waals surface area contributed by atoms with E-state index in [1.54, 1.807) is 25.3 Å². The lowest BCUT2D eigenvalue weighted by atomic mass is 9.84. The fourth-order valence-corrected chi connectivity index (χ4v) is 2.42. The lowest BCUT2D eigenvalue weighted by Gasteiger charge is -2.20. The van der Waals surface area contributed by atoms with Gasteiger partial charge in [0, 0.05) is 5.56 Å². The standard InChI is InChI=1S/C15H12O3/c1-18-13-4-2-3-10-7-9-5-6-11(16)8-12(9)15(17)14(10)13/h2-6,8,16H,7H2,1H3. The van der Waals surface area contributed by atoms with Crippen molar-refractivity contribution in [3.63, 3.8) is 0 Å². The number of hydrogen-bond donors (Lipinski definition) is 1. The number of phenols is 1. The zero-order valence-corrected chi connectivity index (χ0v) is 9.93. The Bertz CT molecular complexity index is 644. The van der Waals surface area contributed by atoms with Crippen LogP contribution in [-0.2, 0) is 6.42 Å². The molecule has 0 saturated carbocycles. The van der Waals surface area contributed by atoms with Crippen LogP contribution >= 0.6 is 0 Å². The van der Waals surface area contributed by atoms with Gasteiger partial charge in [-0.1, -0.05) is 18.2 Å². The molecule has 3 heteroatoms. The van der Waals surface area contributed by atoms with E-state index in [4.69, 9.17) is 4.74 Å². The predicted molar refractivity (Wildman–Crippen MR) is 67.3 cm³/mol. The first-order chi connectivity index (χ1) is 8.70. The topological polar surface area (TPSA) is 46.5 Å². The molecule has 1 aliphatic carbocycles. The second kappa shape index (κ2) is 3.88. The highest BCUT2D eigenvalue weighted by Gasteiger charge is 2.26. The molecule has 0 aromatic heterocycles. The Labute approximate surface area is 105 Å². The number of hydrogen-bond acceptors (Lipinski definition) is 3. The minimum absolute atomic E-state index is 0.0837. The zero-order valence-electron chi connectivity index (χ0n) is 9.93. The number of carbonyl (C=O) groups excluding carboxylic acids is 1. The maximum absolute atomic E-state index is 12.4. The third-order valence-electron chi connectivity index (χ3n) is 3.28.